The number of aliphatic hydroxyl groups excluding tert-OH is 1. The predicted octanol–water partition coefficient (Wildman–Crippen LogP) is 3.80. The molecule has 4 heteroatoms. The van der Waals surface area contributed by atoms with Crippen LogP contribution in [0.15, 0.2) is 47.4 Å². The third-order valence-corrected chi connectivity index (χ3v) is 4.75. The summed E-state index contributed by atoms with van der Waals surface area (Å²) < 4.78 is 5.42. The standard InChI is InChI=1S/C19H25NO2S/c1-4-14-5-8-16(9-6-14)17(13-21)20-12-15-7-10-19(23-3)18(11-15)22-2/h5-11,17,20-21H,4,12-13H2,1-3H3. The molecule has 0 aliphatic rings. The molecule has 2 aromatic carbocycles. The van der Waals surface area contributed by atoms with E-state index >= 15 is 0 Å². The summed E-state index contributed by atoms with van der Waals surface area (Å²) >= 11 is 1.67. The summed E-state index contributed by atoms with van der Waals surface area (Å²) in [5, 5.41) is 13.1. The van der Waals surface area contributed by atoms with Gasteiger partial charge in [0.1, 0.15) is 5.75 Å². The molecule has 1 atom stereocenters. The predicted molar refractivity (Wildman–Crippen MR) is 97.3 cm³/mol. The Kier molecular flexibility index (Phi) is 6.96. The fourth-order valence-corrected chi connectivity index (χ4v) is 3.05. The maximum Gasteiger partial charge on any atom is 0.132 e. The lowest BCUT2D eigenvalue weighted by molar-refractivity contribution is 0.243. The highest BCUT2D eigenvalue weighted by atomic mass is 32.2. The first-order valence-electron chi connectivity index (χ1n) is 7.85. The first kappa shape index (κ1) is 17.9. The van der Waals surface area contributed by atoms with Gasteiger partial charge in [0.15, 0.2) is 0 Å². The molecule has 0 aromatic heterocycles. The van der Waals surface area contributed by atoms with Crippen molar-refractivity contribution in [1.82, 2.24) is 5.32 Å². The Morgan fingerprint density at radius 3 is 2.39 bits per heavy atom. The van der Waals surface area contributed by atoms with Gasteiger partial charge in [-0.1, -0.05) is 37.3 Å². The number of aryl methyl sites for hydroxylation is 1. The molecule has 0 aliphatic carbocycles. The van der Waals surface area contributed by atoms with Gasteiger partial charge in [0.2, 0.25) is 0 Å². The Morgan fingerprint density at radius 2 is 1.83 bits per heavy atom. The minimum atomic E-state index is -0.0628. The molecule has 0 spiro atoms. The van der Waals surface area contributed by atoms with Gasteiger partial charge in [-0.25, -0.2) is 0 Å². The molecule has 0 fully saturated rings. The fourth-order valence-electron chi connectivity index (χ4n) is 2.51. The quantitative estimate of drug-likeness (QED) is 0.722. The van der Waals surface area contributed by atoms with E-state index in [1.54, 1.807) is 18.9 Å². The number of nitrogens with one attached hydrogen (secondary N) is 1. The van der Waals surface area contributed by atoms with Crippen LogP contribution in [0.2, 0.25) is 0 Å². The molecular weight excluding hydrogens is 306 g/mol. The molecule has 0 heterocycles. The fraction of sp³-hybridized carbons (Fsp3) is 0.368. The summed E-state index contributed by atoms with van der Waals surface area (Å²) in [7, 11) is 1.69. The van der Waals surface area contributed by atoms with E-state index in [0.717, 1.165) is 28.2 Å². The molecule has 2 rings (SSSR count). The van der Waals surface area contributed by atoms with E-state index in [1.807, 2.05) is 12.3 Å². The number of benzene rings is 2. The van der Waals surface area contributed by atoms with Gasteiger partial charge in [-0.15, -0.1) is 11.8 Å². The molecule has 2 aromatic rings. The average molecular weight is 331 g/mol. The van der Waals surface area contributed by atoms with Crippen LogP contribution in [0.1, 0.15) is 29.7 Å². The van der Waals surface area contributed by atoms with Gasteiger partial charge in [0.25, 0.3) is 0 Å². The van der Waals surface area contributed by atoms with Gasteiger partial charge in [-0.05, 0) is 41.5 Å². The number of hydrogen-bond donors (Lipinski definition) is 2. The second kappa shape index (κ2) is 8.96. The van der Waals surface area contributed by atoms with Crippen LogP contribution in [-0.4, -0.2) is 25.1 Å². The van der Waals surface area contributed by atoms with Crippen molar-refractivity contribution < 1.29 is 9.84 Å². The van der Waals surface area contributed by atoms with Crippen LogP contribution in [0, 0.1) is 0 Å². The third kappa shape index (κ3) is 4.74. The number of hydrogen-bond acceptors (Lipinski definition) is 4. The van der Waals surface area contributed by atoms with Gasteiger partial charge in [-0.3, -0.25) is 0 Å². The van der Waals surface area contributed by atoms with E-state index in [-0.39, 0.29) is 12.6 Å². The van der Waals surface area contributed by atoms with Crippen LogP contribution in [0.25, 0.3) is 0 Å². The molecule has 0 saturated heterocycles. The molecule has 0 aliphatic heterocycles. The van der Waals surface area contributed by atoms with Crippen LogP contribution in [0.5, 0.6) is 5.75 Å². The second-order valence-corrected chi connectivity index (χ2v) is 6.25. The number of thioether (sulfide) groups is 1. The monoisotopic (exact) mass is 331 g/mol. The lowest BCUT2D eigenvalue weighted by atomic mass is 10.0. The first-order valence-corrected chi connectivity index (χ1v) is 9.08. The van der Waals surface area contributed by atoms with Gasteiger partial charge in [0.05, 0.1) is 19.8 Å². The molecule has 0 saturated carbocycles. The number of methoxy groups -OCH3 is 1. The molecule has 124 valence electrons. The van der Waals surface area contributed by atoms with E-state index in [9.17, 15) is 5.11 Å². The molecule has 2 N–H and O–H groups in total. The highest BCUT2D eigenvalue weighted by Crippen LogP contribution is 2.28. The Morgan fingerprint density at radius 1 is 1.13 bits per heavy atom. The molecule has 0 radical (unpaired) electrons. The van der Waals surface area contributed by atoms with Gasteiger partial charge < -0.3 is 15.2 Å². The SMILES string of the molecule is CCc1ccc(C(CO)NCc2ccc(SC)c(OC)c2)cc1. The zero-order valence-corrected chi connectivity index (χ0v) is 14.8. The van der Waals surface area contributed by atoms with Crippen LogP contribution < -0.4 is 10.1 Å². The molecule has 0 bridgehead atoms. The Bertz CT molecular complexity index is 613. The van der Waals surface area contributed by atoms with Crippen molar-refractivity contribution in [3.8, 4) is 5.75 Å². The number of aliphatic hydroxyl groups is 1. The van der Waals surface area contributed by atoms with Crippen molar-refractivity contribution in [3.05, 3.63) is 59.2 Å². The molecule has 3 nitrogen and oxygen atoms in total. The van der Waals surface area contributed by atoms with Gasteiger partial charge >= 0.3 is 0 Å². The van der Waals surface area contributed by atoms with E-state index in [1.165, 1.54) is 5.56 Å². The van der Waals surface area contributed by atoms with Crippen LogP contribution in [-0.2, 0) is 13.0 Å². The largest absolute Gasteiger partial charge is 0.496 e. The Balaban J connectivity index is 2.04. The van der Waals surface area contributed by atoms with E-state index in [4.69, 9.17) is 4.74 Å². The summed E-state index contributed by atoms with van der Waals surface area (Å²) in [6.07, 6.45) is 3.07. The summed E-state index contributed by atoms with van der Waals surface area (Å²) in [4.78, 5) is 1.13. The zero-order chi connectivity index (χ0) is 16.7. The molecule has 1 unspecified atom stereocenters. The molecule has 23 heavy (non-hydrogen) atoms. The summed E-state index contributed by atoms with van der Waals surface area (Å²) in [6, 6.07) is 14.6. The van der Waals surface area contributed by atoms with Crippen molar-refractivity contribution in [2.24, 2.45) is 0 Å². The maximum atomic E-state index is 9.68. The zero-order valence-electron chi connectivity index (χ0n) is 14.0. The van der Waals surface area contributed by atoms with Crippen molar-refractivity contribution in [2.45, 2.75) is 30.8 Å². The van der Waals surface area contributed by atoms with Crippen molar-refractivity contribution in [1.29, 1.82) is 0 Å². The highest BCUT2D eigenvalue weighted by molar-refractivity contribution is 7.98. The number of rotatable bonds is 8. The van der Waals surface area contributed by atoms with Crippen LogP contribution in [0.4, 0.5) is 0 Å². The minimum absolute atomic E-state index is 0.0628. The summed E-state index contributed by atoms with van der Waals surface area (Å²) in [5.41, 5.74) is 3.56. The van der Waals surface area contributed by atoms with Gasteiger partial charge in [-0.2, -0.15) is 0 Å². The second-order valence-electron chi connectivity index (χ2n) is 5.40. The smallest absolute Gasteiger partial charge is 0.132 e. The normalized spacial score (nSPS) is 12.2. The Hall–Kier alpha value is -1.49. The third-order valence-electron chi connectivity index (χ3n) is 3.97. The average Bonchev–Trinajstić information content (AvgIpc) is 2.62. The lowest BCUT2D eigenvalue weighted by Crippen LogP contribution is -2.24. The Labute approximate surface area is 143 Å². The first-order chi connectivity index (χ1) is 11.2. The summed E-state index contributed by atoms with van der Waals surface area (Å²) in [5.74, 6) is 0.893. The van der Waals surface area contributed by atoms with Crippen LogP contribution in [0.3, 0.4) is 0 Å². The maximum absolute atomic E-state index is 9.68. The van der Waals surface area contributed by atoms with Crippen molar-refractivity contribution in [3.63, 3.8) is 0 Å². The molecular formula is C19H25NO2S. The lowest BCUT2D eigenvalue weighted by Gasteiger charge is -2.18. The van der Waals surface area contributed by atoms with E-state index < -0.39 is 0 Å². The van der Waals surface area contributed by atoms with Crippen LogP contribution >= 0.6 is 11.8 Å². The minimum Gasteiger partial charge on any atom is -0.496 e. The van der Waals surface area contributed by atoms with E-state index in [0.29, 0.717) is 6.54 Å². The highest BCUT2D eigenvalue weighted by Gasteiger charge is 2.10. The van der Waals surface area contributed by atoms with Crippen molar-refractivity contribution in [2.75, 3.05) is 20.0 Å². The van der Waals surface area contributed by atoms with Crippen molar-refractivity contribution >= 4 is 11.8 Å². The topological polar surface area (TPSA) is 41.5 Å². The number of ether oxygens (including phenoxy) is 1. The summed E-state index contributed by atoms with van der Waals surface area (Å²) in [6.45, 7) is 2.90. The molecule has 0 amide bonds. The van der Waals surface area contributed by atoms with Gasteiger partial charge in [0, 0.05) is 11.4 Å². The van der Waals surface area contributed by atoms with E-state index in [2.05, 4.69) is 48.6 Å².